The molecule has 0 spiro atoms. The van der Waals surface area contributed by atoms with E-state index in [1.807, 2.05) is 6.07 Å². The summed E-state index contributed by atoms with van der Waals surface area (Å²) in [4.78, 5) is 22.9. The van der Waals surface area contributed by atoms with Crippen LogP contribution in [0.4, 0.5) is 0 Å². The first-order chi connectivity index (χ1) is 9.52. The molecule has 1 aromatic heterocycles. The molecule has 1 N–H and O–H groups in total. The smallest absolute Gasteiger partial charge is 0.341 e. The van der Waals surface area contributed by atoms with Gasteiger partial charge in [-0.3, -0.25) is 4.79 Å². The monoisotopic (exact) mass is 333 g/mol. The molecule has 1 heterocycles. The second-order valence-corrected chi connectivity index (χ2v) is 4.80. The zero-order valence-electron chi connectivity index (χ0n) is 10.1. The molecule has 2 aromatic rings. The van der Waals surface area contributed by atoms with Gasteiger partial charge in [0.25, 0.3) is 5.56 Å². The molecule has 0 bridgehead atoms. The summed E-state index contributed by atoms with van der Waals surface area (Å²) in [6, 6.07) is 10.0. The summed E-state index contributed by atoms with van der Waals surface area (Å²) in [5.74, 6) is -1.35. The molecule has 0 radical (unpaired) electrons. The van der Waals surface area contributed by atoms with Gasteiger partial charge >= 0.3 is 5.97 Å². The van der Waals surface area contributed by atoms with E-state index in [0.717, 1.165) is 9.15 Å². The average Bonchev–Trinajstić information content (AvgIpc) is 2.41. The number of aromatic carboxylic acids is 1. The molecule has 0 fully saturated rings. The van der Waals surface area contributed by atoms with Crippen LogP contribution in [-0.2, 0) is 6.54 Å². The van der Waals surface area contributed by atoms with Gasteiger partial charge in [0.1, 0.15) is 12.1 Å². The normalized spacial score (nSPS) is 10.0. The Hall–Kier alpha value is -2.46. The zero-order valence-corrected chi connectivity index (χ0v) is 11.7. The van der Waals surface area contributed by atoms with Gasteiger partial charge < -0.3 is 5.11 Å². The Labute approximate surface area is 122 Å². The number of rotatable bonds is 3. The number of carbonyl (C=O) groups is 1. The maximum atomic E-state index is 11.8. The van der Waals surface area contributed by atoms with Crippen molar-refractivity contribution >= 4 is 21.9 Å². The lowest BCUT2D eigenvalue weighted by Gasteiger charge is -2.06. The van der Waals surface area contributed by atoms with Crippen molar-refractivity contribution in [2.45, 2.75) is 6.54 Å². The molecule has 7 heteroatoms. The Morgan fingerprint density at radius 1 is 1.45 bits per heavy atom. The van der Waals surface area contributed by atoms with E-state index in [2.05, 4.69) is 21.0 Å². The van der Waals surface area contributed by atoms with E-state index in [4.69, 9.17) is 10.4 Å². The van der Waals surface area contributed by atoms with Crippen molar-refractivity contribution in [1.29, 1.82) is 5.26 Å². The highest BCUT2D eigenvalue weighted by Crippen LogP contribution is 2.21. The van der Waals surface area contributed by atoms with Gasteiger partial charge in [-0.1, -0.05) is 28.1 Å². The number of carboxylic acids is 1. The molecule has 1 aromatic carbocycles. The average molecular weight is 334 g/mol. The minimum Gasteiger partial charge on any atom is -0.477 e. The van der Waals surface area contributed by atoms with Crippen LogP contribution in [0.15, 0.2) is 39.6 Å². The first-order valence-electron chi connectivity index (χ1n) is 5.51. The maximum absolute atomic E-state index is 11.8. The molecule has 0 saturated carbocycles. The predicted molar refractivity (Wildman–Crippen MR) is 74.2 cm³/mol. The number of halogens is 1. The minimum atomic E-state index is -1.35. The molecule has 0 unspecified atom stereocenters. The molecule has 0 aliphatic rings. The highest BCUT2D eigenvalue weighted by Gasteiger charge is 2.15. The summed E-state index contributed by atoms with van der Waals surface area (Å²) in [7, 11) is 0. The third-order valence-electron chi connectivity index (χ3n) is 2.55. The van der Waals surface area contributed by atoms with Crippen LogP contribution in [0.1, 0.15) is 10.4 Å². The second-order valence-electron chi connectivity index (χ2n) is 3.88. The van der Waals surface area contributed by atoms with Gasteiger partial charge in [0.05, 0.1) is 11.8 Å². The standard InChI is InChI=1S/C13H8BrN3O3/c14-9-3-1-2-8(6-9)11-7-10(13(19)20)12(18)17(16-11)5-4-15/h1-3,6-7H,5H2,(H,19,20). The van der Waals surface area contributed by atoms with E-state index in [-0.39, 0.29) is 6.54 Å². The van der Waals surface area contributed by atoms with Gasteiger partial charge in [-0.05, 0) is 18.2 Å². The number of nitrogens with zero attached hydrogens (tertiary/aromatic N) is 3. The summed E-state index contributed by atoms with van der Waals surface area (Å²) in [6.07, 6.45) is 0. The topological polar surface area (TPSA) is 96.0 Å². The number of hydrogen-bond donors (Lipinski definition) is 1. The Morgan fingerprint density at radius 2 is 2.20 bits per heavy atom. The fraction of sp³-hybridized carbons (Fsp3) is 0.0769. The largest absolute Gasteiger partial charge is 0.477 e. The summed E-state index contributed by atoms with van der Waals surface area (Å²) in [5, 5.41) is 21.7. The van der Waals surface area contributed by atoms with E-state index in [1.54, 1.807) is 24.3 Å². The predicted octanol–water partition coefficient (Wildman–Crippen LogP) is 1.89. The van der Waals surface area contributed by atoms with E-state index in [0.29, 0.717) is 11.3 Å². The van der Waals surface area contributed by atoms with Crippen molar-refractivity contribution in [3.8, 4) is 17.3 Å². The molecule has 6 nitrogen and oxygen atoms in total. The third kappa shape index (κ3) is 2.75. The van der Waals surface area contributed by atoms with Gasteiger partial charge in [-0.25, -0.2) is 9.48 Å². The highest BCUT2D eigenvalue weighted by molar-refractivity contribution is 9.10. The van der Waals surface area contributed by atoms with Crippen molar-refractivity contribution in [2.24, 2.45) is 0 Å². The first-order valence-corrected chi connectivity index (χ1v) is 6.30. The number of aromatic nitrogens is 2. The van der Waals surface area contributed by atoms with Gasteiger partial charge in [0.2, 0.25) is 0 Å². The Bertz CT molecular complexity index is 777. The van der Waals surface area contributed by atoms with Gasteiger partial charge in [0, 0.05) is 10.0 Å². The molecule has 100 valence electrons. The Kier molecular flexibility index (Phi) is 3.96. The van der Waals surface area contributed by atoms with Crippen LogP contribution in [0.2, 0.25) is 0 Å². The zero-order chi connectivity index (χ0) is 14.7. The van der Waals surface area contributed by atoms with Crippen LogP contribution in [0.5, 0.6) is 0 Å². The number of nitriles is 1. The lowest BCUT2D eigenvalue weighted by Crippen LogP contribution is -2.28. The van der Waals surface area contributed by atoms with Gasteiger partial charge in [0.15, 0.2) is 0 Å². The van der Waals surface area contributed by atoms with Crippen LogP contribution in [0.3, 0.4) is 0 Å². The first kappa shape index (κ1) is 14.0. The highest BCUT2D eigenvalue weighted by atomic mass is 79.9. The molecule has 0 atom stereocenters. The lowest BCUT2D eigenvalue weighted by molar-refractivity contribution is 0.0694. The fourth-order valence-electron chi connectivity index (χ4n) is 1.66. The Morgan fingerprint density at radius 3 is 2.80 bits per heavy atom. The molecule has 2 rings (SSSR count). The Balaban J connectivity index is 2.69. The minimum absolute atomic E-state index is 0.305. The number of hydrogen-bond acceptors (Lipinski definition) is 4. The maximum Gasteiger partial charge on any atom is 0.341 e. The van der Waals surface area contributed by atoms with Crippen molar-refractivity contribution in [3.63, 3.8) is 0 Å². The molecule has 0 saturated heterocycles. The molecule has 0 aliphatic heterocycles. The van der Waals surface area contributed by atoms with E-state index >= 15 is 0 Å². The number of carboxylic acid groups (broad SMARTS) is 1. The van der Waals surface area contributed by atoms with Gasteiger partial charge in [-0.2, -0.15) is 10.4 Å². The molecule has 0 aliphatic carbocycles. The van der Waals surface area contributed by atoms with Crippen molar-refractivity contribution < 1.29 is 9.90 Å². The number of benzene rings is 1. The van der Waals surface area contributed by atoms with Crippen LogP contribution in [0.25, 0.3) is 11.3 Å². The van der Waals surface area contributed by atoms with Crippen LogP contribution in [-0.4, -0.2) is 20.9 Å². The van der Waals surface area contributed by atoms with Crippen molar-refractivity contribution in [2.75, 3.05) is 0 Å². The molecular weight excluding hydrogens is 326 g/mol. The van der Waals surface area contributed by atoms with Crippen molar-refractivity contribution in [1.82, 2.24) is 9.78 Å². The summed E-state index contributed by atoms with van der Waals surface area (Å²) >= 11 is 3.31. The molecule has 20 heavy (non-hydrogen) atoms. The quantitative estimate of drug-likeness (QED) is 0.925. The summed E-state index contributed by atoms with van der Waals surface area (Å²) in [6.45, 7) is -0.305. The van der Waals surface area contributed by atoms with Crippen LogP contribution >= 0.6 is 15.9 Å². The van der Waals surface area contributed by atoms with Gasteiger partial charge in [-0.15, -0.1) is 0 Å². The van der Waals surface area contributed by atoms with Crippen LogP contribution < -0.4 is 5.56 Å². The van der Waals surface area contributed by atoms with Crippen LogP contribution in [0, 0.1) is 11.3 Å². The van der Waals surface area contributed by atoms with E-state index < -0.39 is 17.1 Å². The van der Waals surface area contributed by atoms with E-state index in [1.165, 1.54) is 6.07 Å². The fourth-order valence-corrected chi connectivity index (χ4v) is 2.06. The van der Waals surface area contributed by atoms with Crippen molar-refractivity contribution in [3.05, 3.63) is 50.7 Å². The summed E-state index contributed by atoms with van der Waals surface area (Å²) in [5.41, 5.74) is -0.241. The second kappa shape index (κ2) is 5.67. The lowest BCUT2D eigenvalue weighted by atomic mass is 10.1. The third-order valence-corrected chi connectivity index (χ3v) is 3.04. The van der Waals surface area contributed by atoms with E-state index in [9.17, 15) is 9.59 Å². The SMILES string of the molecule is N#CCn1nc(-c2cccc(Br)c2)cc(C(=O)O)c1=O. The summed E-state index contributed by atoms with van der Waals surface area (Å²) < 4.78 is 1.64. The molecule has 0 amide bonds. The molecular formula is C13H8BrN3O3.